The van der Waals surface area contributed by atoms with Gasteiger partial charge in [0.1, 0.15) is 16.8 Å². The summed E-state index contributed by atoms with van der Waals surface area (Å²) < 4.78 is 15.2. The summed E-state index contributed by atoms with van der Waals surface area (Å²) in [5, 5.41) is 10.6. The molecule has 0 unspecified atom stereocenters. The summed E-state index contributed by atoms with van der Waals surface area (Å²) in [6.07, 6.45) is -0.855. The van der Waals surface area contributed by atoms with Crippen molar-refractivity contribution >= 4 is 29.3 Å². The number of hydrogen-bond donors (Lipinski definition) is 0. The number of nitrogens with zero attached hydrogens (tertiary/aromatic N) is 2. The summed E-state index contributed by atoms with van der Waals surface area (Å²) in [4.78, 5) is 16.5. The Labute approximate surface area is 161 Å². The third-order valence-electron chi connectivity index (χ3n) is 3.48. The summed E-state index contributed by atoms with van der Waals surface area (Å²) in [6, 6.07) is 10.9. The highest BCUT2D eigenvalue weighted by Gasteiger charge is 2.24. The number of methoxy groups -OCH3 is 3. The van der Waals surface area contributed by atoms with Gasteiger partial charge in [-0.25, -0.2) is 9.78 Å². The molecular formula is C18H17ClN2O4S. The van der Waals surface area contributed by atoms with Gasteiger partial charge in [-0.05, 0) is 23.8 Å². The molecule has 136 valence electrons. The molecule has 1 heterocycles. The van der Waals surface area contributed by atoms with Gasteiger partial charge in [-0.15, -0.1) is 11.8 Å². The molecule has 0 aliphatic heterocycles. The van der Waals surface area contributed by atoms with Gasteiger partial charge in [-0.3, -0.25) is 0 Å². The number of carbonyl (C=O) groups excluding carboxylic acids is 1. The Morgan fingerprint density at radius 3 is 2.46 bits per heavy atom. The van der Waals surface area contributed by atoms with Crippen molar-refractivity contribution < 1.29 is 19.0 Å². The first-order chi connectivity index (χ1) is 12.5. The van der Waals surface area contributed by atoms with Gasteiger partial charge in [-0.1, -0.05) is 23.7 Å². The van der Waals surface area contributed by atoms with E-state index >= 15 is 0 Å². The second-order valence-corrected chi connectivity index (χ2v) is 6.50. The van der Waals surface area contributed by atoms with Gasteiger partial charge in [0.2, 0.25) is 6.29 Å². The number of halogens is 1. The van der Waals surface area contributed by atoms with Crippen LogP contribution in [0.4, 0.5) is 0 Å². The molecule has 0 bridgehead atoms. The average molecular weight is 393 g/mol. The molecular weight excluding hydrogens is 376 g/mol. The lowest BCUT2D eigenvalue weighted by Gasteiger charge is -2.17. The van der Waals surface area contributed by atoms with Crippen LogP contribution in [0.3, 0.4) is 0 Å². The molecule has 0 saturated carbocycles. The summed E-state index contributed by atoms with van der Waals surface area (Å²) in [6.45, 7) is 0. The normalized spacial score (nSPS) is 10.6. The van der Waals surface area contributed by atoms with Crippen molar-refractivity contribution in [1.82, 2.24) is 4.98 Å². The summed E-state index contributed by atoms with van der Waals surface area (Å²) in [5.41, 5.74) is 1.70. The first kappa shape index (κ1) is 20.2. The standard InChI is InChI=1S/C18H17ClN2O4S/c1-23-17(22)14-8-12(9-20)16(21-15(14)18(24-2)25-3)26-10-11-4-6-13(19)7-5-11/h4-8,18H,10H2,1-3H3. The minimum Gasteiger partial charge on any atom is -0.465 e. The lowest BCUT2D eigenvalue weighted by atomic mass is 10.1. The maximum atomic E-state index is 12.1. The fourth-order valence-electron chi connectivity index (χ4n) is 2.20. The Morgan fingerprint density at radius 1 is 1.27 bits per heavy atom. The van der Waals surface area contributed by atoms with E-state index < -0.39 is 12.3 Å². The molecule has 0 radical (unpaired) electrons. The van der Waals surface area contributed by atoms with Crippen LogP contribution in [-0.4, -0.2) is 32.3 Å². The summed E-state index contributed by atoms with van der Waals surface area (Å²) in [5.74, 6) is -0.0297. The minimum atomic E-state index is -0.855. The number of nitriles is 1. The average Bonchev–Trinajstić information content (AvgIpc) is 2.67. The zero-order valence-corrected chi connectivity index (χ0v) is 16.1. The number of ether oxygens (including phenoxy) is 3. The van der Waals surface area contributed by atoms with Gasteiger partial charge in [0, 0.05) is 25.0 Å². The van der Waals surface area contributed by atoms with E-state index in [4.69, 9.17) is 25.8 Å². The Morgan fingerprint density at radius 2 is 1.92 bits per heavy atom. The number of rotatable bonds is 7. The zero-order valence-electron chi connectivity index (χ0n) is 14.5. The molecule has 2 rings (SSSR count). The maximum absolute atomic E-state index is 12.1. The van der Waals surface area contributed by atoms with E-state index in [1.165, 1.54) is 39.2 Å². The highest BCUT2D eigenvalue weighted by Crippen LogP contribution is 2.30. The van der Waals surface area contributed by atoms with Crippen molar-refractivity contribution in [2.45, 2.75) is 17.1 Å². The van der Waals surface area contributed by atoms with Crippen molar-refractivity contribution in [3.05, 3.63) is 57.7 Å². The first-order valence-electron chi connectivity index (χ1n) is 7.50. The molecule has 1 aromatic carbocycles. The fraction of sp³-hybridized carbons (Fsp3) is 0.278. The molecule has 0 atom stereocenters. The van der Waals surface area contributed by atoms with Crippen LogP contribution in [0, 0.1) is 11.3 Å². The number of hydrogen-bond acceptors (Lipinski definition) is 7. The molecule has 0 saturated heterocycles. The quantitative estimate of drug-likeness (QED) is 0.400. The highest BCUT2D eigenvalue weighted by molar-refractivity contribution is 7.98. The van der Waals surface area contributed by atoms with E-state index in [0.29, 0.717) is 15.8 Å². The van der Waals surface area contributed by atoms with Crippen LogP contribution < -0.4 is 0 Å². The molecule has 2 aromatic rings. The van der Waals surface area contributed by atoms with E-state index in [9.17, 15) is 10.1 Å². The van der Waals surface area contributed by atoms with E-state index in [1.807, 2.05) is 12.1 Å². The monoisotopic (exact) mass is 392 g/mol. The molecule has 0 fully saturated rings. The lowest BCUT2D eigenvalue weighted by molar-refractivity contribution is -0.109. The molecule has 26 heavy (non-hydrogen) atoms. The molecule has 0 amide bonds. The van der Waals surface area contributed by atoms with Crippen LogP contribution in [0.2, 0.25) is 5.02 Å². The van der Waals surface area contributed by atoms with Gasteiger partial charge in [0.15, 0.2) is 0 Å². The van der Waals surface area contributed by atoms with Crippen LogP contribution in [0.1, 0.15) is 33.5 Å². The first-order valence-corrected chi connectivity index (χ1v) is 8.86. The van der Waals surface area contributed by atoms with E-state index in [0.717, 1.165) is 5.56 Å². The van der Waals surface area contributed by atoms with Crippen molar-refractivity contribution in [3.63, 3.8) is 0 Å². The second kappa shape index (κ2) is 9.55. The van der Waals surface area contributed by atoms with Crippen molar-refractivity contribution in [2.24, 2.45) is 0 Å². The molecule has 0 aliphatic rings. The fourth-order valence-corrected chi connectivity index (χ4v) is 3.25. The third kappa shape index (κ3) is 4.74. The van der Waals surface area contributed by atoms with Crippen LogP contribution in [-0.2, 0) is 20.0 Å². The van der Waals surface area contributed by atoms with Gasteiger partial charge >= 0.3 is 5.97 Å². The van der Waals surface area contributed by atoms with Crippen LogP contribution >= 0.6 is 23.4 Å². The second-order valence-electron chi connectivity index (χ2n) is 5.10. The van der Waals surface area contributed by atoms with Crippen molar-refractivity contribution in [2.75, 3.05) is 21.3 Å². The number of pyridine rings is 1. The molecule has 1 aromatic heterocycles. The summed E-state index contributed by atoms with van der Waals surface area (Å²) >= 11 is 7.26. The molecule has 0 N–H and O–H groups in total. The third-order valence-corrected chi connectivity index (χ3v) is 4.80. The molecule has 6 nitrogen and oxygen atoms in total. The van der Waals surface area contributed by atoms with E-state index in [1.54, 1.807) is 12.1 Å². The number of esters is 1. The van der Waals surface area contributed by atoms with Crippen LogP contribution in [0.15, 0.2) is 35.4 Å². The Balaban J connectivity index is 2.41. The van der Waals surface area contributed by atoms with Gasteiger partial charge < -0.3 is 14.2 Å². The minimum absolute atomic E-state index is 0.133. The smallest absolute Gasteiger partial charge is 0.339 e. The number of aromatic nitrogens is 1. The predicted molar refractivity (Wildman–Crippen MR) is 98.1 cm³/mol. The van der Waals surface area contributed by atoms with Gasteiger partial charge in [-0.2, -0.15) is 5.26 Å². The highest BCUT2D eigenvalue weighted by atomic mass is 35.5. The van der Waals surface area contributed by atoms with Gasteiger partial charge in [0.05, 0.1) is 18.2 Å². The van der Waals surface area contributed by atoms with Crippen LogP contribution in [0.5, 0.6) is 0 Å². The SMILES string of the molecule is COC(=O)c1cc(C#N)c(SCc2ccc(Cl)cc2)nc1C(OC)OC. The van der Waals surface area contributed by atoms with E-state index in [-0.39, 0.29) is 16.8 Å². The lowest BCUT2D eigenvalue weighted by Crippen LogP contribution is -2.15. The van der Waals surface area contributed by atoms with Crippen molar-refractivity contribution in [1.29, 1.82) is 5.26 Å². The maximum Gasteiger partial charge on any atom is 0.339 e. The Bertz CT molecular complexity index is 817. The molecule has 0 spiro atoms. The Kier molecular flexibility index (Phi) is 7.42. The Hall–Kier alpha value is -2.11. The number of thioether (sulfide) groups is 1. The van der Waals surface area contributed by atoms with E-state index in [2.05, 4.69) is 11.1 Å². The largest absolute Gasteiger partial charge is 0.465 e. The zero-order chi connectivity index (χ0) is 19.1. The number of carbonyl (C=O) groups is 1. The number of benzene rings is 1. The van der Waals surface area contributed by atoms with Crippen LogP contribution in [0.25, 0.3) is 0 Å². The molecule has 0 aliphatic carbocycles. The topological polar surface area (TPSA) is 81.4 Å². The van der Waals surface area contributed by atoms with Crippen molar-refractivity contribution in [3.8, 4) is 6.07 Å². The van der Waals surface area contributed by atoms with Gasteiger partial charge in [0.25, 0.3) is 0 Å². The predicted octanol–water partition coefficient (Wildman–Crippen LogP) is 3.98. The summed E-state index contributed by atoms with van der Waals surface area (Å²) in [7, 11) is 4.14. The molecule has 8 heteroatoms.